The van der Waals surface area contributed by atoms with Crippen LogP contribution >= 0.6 is 23.2 Å². The van der Waals surface area contributed by atoms with Gasteiger partial charge in [0, 0.05) is 22.3 Å². The van der Waals surface area contributed by atoms with Gasteiger partial charge in [-0.15, -0.1) is 0 Å². The predicted octanol–water partition coefficient (Wildman–Crippen LogP) is 5.51. The lowest BCUT2D eigenvalue weighted by Gasteiger charge is -2.12. The van der Waals surface area contributed by atoms with Crippen LogP contribution in [0.4, 0.5) is 11.4 Å². The molecule has 9 heteroatoms. The van der Waals surface area contributed by atoms with Crippen molar-refractivity contribution in [2.45, 2.75) is 0 Å². The van der Waals surface area contributed by atoms with Gasteiger partial charge >= 0.3 is 0 Å². The second kappa shape index (κ2) is 10.1. The molecular formula is C22H18Cl2N2O5. The number of ether oxygens (including phenoxy) is 2. The Bertz CT molecular complexity index is 1130. The largest absolute Gasteiger partial charge is 0.495 e. The van der Waals surface area contributed by atoms with E-state index in [-0.39, 0.29) is 5.76 Å². The third-order valence-electron chi connectivity index (χ3n) is 4.12. The molecule has 7 nitrogen and oxygen atoms in total. The van der Waals surface area contributed by atoms with Gasteiger partial charge in [0.25, 0.3) is 5.91 Å². The van der Waals surface area contributed by atoms with E-state index in [4.69, 9.17) is 37.1 Å². The van der Waals surface area contributed by atoms with Crippen LogP contribution in [0.5, 0.6) is 11.5 Å². The summed E-state index contributed by atoms with van der Waals surface area (Å²) < 4.78 is 15.6. The third-order valence-corrected chi connectivity index (χ3v) is 4.61. The number of rotatable bonds is 7. The van der Waals surface area contributed by atoms with Crippen LogP contribution in [0.2, 0.25) is 10.0 Å². The van der Waals surface area contributed by atoms with Crippen LogP contribution in [0.1, 0.15) is 16.1 Å². The zero-order valence-corrected chi connectivity index (χ0v) is 18.1. The van der Waals surface area contributed by atoms with Crippen LogP contribution in [-0.2, 0) is 4.79 Å². The van der Waals surface area contributed by atoms with E-state index in [0.717, 1.165) is 0 Å². The van der Waals surface area contributed by atoms with E-state index < -0.39 is 11.8 Å². The molecule has 0 aliphatic rings. The SMILES string of the molecule is COc1ccc(NC(=O)c2ccco2)cc1NC(=O)/C=C/c1cc(Cl)cc(Cl)c1OC. The van der Waals surface area contributed by atoms with Gasteiger partial charge < -0.3 is 24.5 Å². The van der Waals surface area contributed by atoms with Crippen molar-refractivity contribution >= 4 is 52.5 Å². The fraction of sp³-hybridized carbons (Fsp3) is 0.0909. The molecule has 2 amide bonds. The second-order valence-corrected chi connectivity index (χ2v) is 7.02. The average molecular weight is 461 g/mol. The number of benzene rings is 2. The molecule has 0 unspecified atom stereocenters. The molecule has 0 radical (unpaired) electrons. The maximum atomic E-state index is 12.5. The van der Waals surface area contributed by atoms with Gasteiger partial charge in [-0.1, -0.05) is 23.2 Å². The Kier molecular flexibility index (Phi) is 7.23. The van der Waals surface area contributed by atoms with Gasteiger partial charge in [-0.25, -0.2) is 0 Å². The van der Waals surface area contributed by atoms with E-state index in [1.54, 1.807) is 42.5 Å². The van der Waals surface area contributed by atoms with Crippen molar-refractivity contribution < 1.29 is 23.5 Å². The van der Waals surface area contributed by atoms with Gasteiger partial charge in [-0.2, -0.15) is 0 Å². The van der Waals surface area contributed by atoms with Crippen LogP contribution in [0.15, 0.2) is 59.2 Å². The minimum absolute atomic E-state index is 0.165. The number of carbonyl (C=O) groups is 2. The highest BCUT2D eigenvalue weighted by Gasteiger charge is 2.12. The van der Waals surface area contributed by atoms with Crippen LogP contribution in [0.25, 0.3) is 6.08 Å². The average Bonchev–Trinajstić information content (AvgIpc) is 3.27. The fourth-order valence-electron chi connectivity index (χ4n) is 2.74. The van der Waals surface area contributed by atoms with E-state index >= 15 is 0 Å². The quantitative estimate of drug-likeness (QED) is 0.453. The first-order valence-electron chi connectivity index (χ1n) is 8.96. The molecule has 1 heterocycles. The van der Waals surface area contributed by atoms with Crippen molar-refractivity contribution in [2.24, 2.45) is 0 Å². The number of methoxy groups -OCH3 is 2. The highest BCUT2D eigenvalue weighted by Crippen LogP contribution is 2.33. The number of anilines is 2. The van der Waals surface area contributed by atoms with Crippen LogP contribution in [0, 0.1) is 0 Å². The summed E-state index contributed by atoms with van der Waals surface area (Å²) in [6.07, 6.45) is 4.24. The molecule has 0 fully saturated rings. The van der Waals surface area contributed by atoms with E-state index in [1.807, 2.05) is 0 Å². The van der Waals surface area contributed by atoms with E-state index in [2.05, 4.69) is 10.6 Å². The van der Waals surface area contributed by atoms with Crippen LogP contribution in [-0.4, -0.2) is 26.0 Å². The lowest BCUT2D eigenvalue weighted by molar-refractivity contribution is -0.111. The molecule has 0 saturated heterocycles. The number of furan rings is 1. The number of carbonyl (C=O) groups excluding carboxylic acids is 2. The van der Waals surface area contributed by atoms with Gasteiger partial charge in [0.05, 0.1) is 31.2 Å². The molecule has 2 N–H and O–H groups in total. The summed E-state index contributed by atoms with van der Waals surface area (Å²) in [6, 6.07) is 11.2. The smallest absolute Gasteiger partial charge is 0.291 e. The van der Waals surface area contributed by atoms with Crippen molar-refractivity contribution in [3.63, 3.8) is 0 Å². The number of amides is 2. The van der Waals surface area contributed by atoms with Gasteiger partial charge in [-0.3, -0.25) is 9.59 Å². The standard InChI is InChI=1S/C22H18Cl2N2O5/c1-29-18-7-6-15(25-22(28)19-4-3-9-31-19)12-17(18)26-20(27)8-5-13-10-14(23)11-16(24)21(13)30-2/h3-12H,1-2H3,(H,25,28)(H,26,27)/b8-5+. The number of hydrogen-bond acceptors (Lipinski definition) is 5. The predicted molar refractivity (Wildman–Crippen MR) is 120 cm³/mol. The van der Waals surface area contributed by atoms with Crippen molar-refractivity contribution in [2.75, 3.05) is 24.9 Å². The first kappa shape index (κ1) is 22.3. The molecule has 31 heavy (non-hydrogen) atoms. The van der Waals surface area contributed by atoms with Gasteiger partial charge in [-0.05, 0) is 48.5 Å². The van der Waals surface area contributed by atoms with Crippen LogP contribution in [0.3, 0.4) is 0 Å². The van der Waals surface area contributed by atoms with Crippen molar-refractivity contribution in [3.8, 4) is 11.5 Å². The zero-order chi connectivity index (χ0) is 22.4. The molecule has 0 atom stereocenters. The van der Waals surface area contributed by atoms with Gasteiger partial charge in [0.1, 0.15) is 11.5 Å². The highest BCUT2D eigenvalue weighted by atomic mass is 35.5. The lowest BCUT2D eigenvalue weighted by Crippen LogP contribution is -2.12. The molecule has 3 rings (SSSR count). The van der Waals surface area contributed by atoms with E-state index in [1.165, 1.54) is 32.6 Å². The molecule has 0 saturated carbocycles. The van der Waals surface area contributed by atoms with Gasteiger partial charge in [0.15, 0.2) is 5.76 Å². The van der Waals surface area contributed by atoms with Crippen molar-refractivity contribution in [1.82, 2.24) is 0 Å². The Balaban J connectivity index is 1.77. The molecule has 3 aromatic rings. The Morgan fingerprint density at radius 3 is 2.52 bits per heavy atom. The summed E-state index contributed by atoms with van der Waals surface area (Å²) >= 11 is 12.1. The topological polar surface area (TPSA) is 89.8 Å². The van der Waals surface area contributed by atoms with Crippen molar-refractivity contribution in [3.05, 3.63) is 76.2 Å². The maximum absolute atomic E-state index is 12.5. The Hall–Kier alpha value is -3.42. The Labute approximate surface area is 188 Å². The molecule has 2 aromatic carbocycles. The molecule has 0 spiro atoms. The lowest BCUT2D eigenvalue weighted by atomic mass is 10.2. The molecule has 160 valence electrons. The van der Waals surface area contributed by atoms with Crippen molar-refractivity contribution in [1.29, 1.82) is 0 Å². The summed E-state index contributed by atoms with van der Waals surface area (Å²) in [5.74, 6) is 0.123. The molecule has 0 bridgehead atoms. The summed E-state index contributed by atoms with van der Waals surface area (Å²) in [6.45, 7) is 0. The molecule has 1 aromatic heterocycles. The monoisotopic (exact) mass is 460 g/mol. The summed E-state index contributed by atoms with van der Waals surface area (Å²) in [4.78, 5) is 24.7. The number of halogens is 2. The summed E-state index contributed by atoms with van der Waals surface area (Å²) in [5.41, 5.74) is 1.36. The first-order chi connectivity index (χ1) is 14.9. The Morgan fingerprint density at radius 1 is 1.03 bits per heavy atom. The molecule has 0 aliphatic heterocycles. The first-order valence-corrected chi connectivity index (χ1v) is 9.72. The fourth-order valence-corrected chi connectivity index (χ4v) is 3.33. The zero-order valence-electron chi connectivity index (χ0n) is 16.6. The molecule has 0 aliphatic carbocycles. The van der Waals surface area contributed by atoms with E-state index in [0.29, 0.717) is 38.5 Å². The molecular weight excluding hydrogens is 443 g/mol. The number of nitrogens with one attached hydrogen (secondary N) is 2. The highest BCUT2D eigenvalue weighted by molar-refractivity contribution is 6.36. The second-order valence-electron chi connectivity index (χ2n) is 6.18. The minimum atomic E-state index is -0.439. The van der Waals surface area contributed by atoms with Gasteiger partial charge in [0.2, 0.25) is 5.91 Å². The Morgan fingerprint density at radius 2 is 1.84 bits per heavy atom. The normalized spacial score (nSPS) is 10.7. The maximum Gasteiger partial charge on any atom is 0.291 e. The summed E-state index contributed by atoms with van der Waals surface area (Å²) in [7, 11) is 2.95. The number of hydrogen-bond donors (Lipinski definition) is 2. The third kappa shape index (κ3) is 5.59. The van der Waals surface area contributed by atoms with Crippen LogP contribution < -0.4 is 20.1 Å². The minimum Gasteiger partial charge on any atom is -0.495 e. The van der Waals surface area contributed by atoms with E-state index in [9.17, 15) is 9.59 Å². The summed E-state index contributed by atoms with van der Waals surface area (Å²) in [5, 5.41) is 6.15.